The zero-order valence-electron chi connectivity index (χ0n) is 5.18. The third-order valence-corrected chi connectivity index (χ3v) is 1.85. The first-order valence-corrected chi connectivity index (χ1v) is 3.66. The van der Waals surface area contributed by atoms with Gasteiger partial charge in [0.2, 0.25) is 0 Å². The summed E-state index contributed by atoms with van der Waals surface area (Å²) in [5.74, 6) is 0. The summed E-state index contributed by atoms with van der Waals surface area (Å²) in [4.78, 5) is 10.1. The minimum Gasteiger partial charge on any atom is -0.298 e. The van der Waals surface area contributed by atoms with E-state index in [1.807, 2.05) is 0 Å². The second kappa shape index (κ2) is 2.66. The van der Waals surface area contributed by atoms with E-state index < -0.39 is 4.58 Å². The van der Waals surface area contributed by atoms with Crippen LogP contribution >= 0.6 is 15.9 Å². The highest BCUT2D eigenvalue weighted by Gasteiger charge is 2.22. The lowest BCUT2D eigenvalue weighted by Crippen LogP contribution is -2.11. The first-order chi connectivity index (χ1) is 4.64. The van der Waals surface area contributed by atoms with Gasteiger partial charge in [-0.15, -0.1) is 0 Å². The fourth-order valence-electron chi connectivity index (χ4n) is 0.696. The summed E-state index contributed by atoms with van der Waals surface area (Å²) in [6.45, 7) is 0. The quantitative estimate of drug-likeness (QED) is 0.473. The van der Waals surface area contributed by atoms with Gasteiger partial charge in [-0.1, -0.05) is 12.2 Å². The molecule has 0 aromatic heterocycles. The molecule has 1 unspecified atom stereocenters. The summed E-state index contributed by atoms with van der Waals surface area (Å²) in [7, 11) is 0. The number of hydrogen-bond donors (Lipinski definition) is 0. The molecule has 0 aromatic carbocycles. The first-order valence-electron chi connectivity index (χ1n) is 2.86. The van der Waals surface area contributed by atoms with Gasteiger partial charge >= 0.3 is 0 Å². The average Bonchev–Trinajstić information content (AvgIpc) is 1.88. The zero-order chi connectivity index (χ0) is 7.61. The summed E-state index contributed by atoms with van der Waals surface area (Å²) in [6, 6.07) is 0. The maximum Gasteiger partial charge on any atom is 0.187 e. The van der Waals surface area contributed by atoms with Gasteiger partial charge in [0.05, 0.1) is 0 Å². The average molecular weight is 205 g/mol. The lowest BCUT2D eigenvalue weighted by atomic mass is 10.1. The molecule has 1 atom stereocenters. The standard InChI is InChI=1S/C7H6BrFO/c8-7(9)3-1-6(5-10)2-4-7/h1-3,5H,4H2. The van der Waals surface area contributed by atoms with Crippen molar-refractivity contribution in [3.63, 3.8) is 0 Å². The zero-order valence-corrected chi connectivity index (χ0v) is 6.77. The number of carbonyl (C=O) groups is 1. The van der Waals surface area contributed by atoms with E-state index in [1.165, 1.54) is 12.2 Å². The Kier molecular flexibility index (Phi) is 2.04. The second-order valence-corrected chi connectivity index (χ2v) is 3.44. The van der Waals surface area contributed by atoms with E-state index in [-0.39, 0.29) is 6.42 Å². The van der Waals surface area contributed by atoms with Crippen LogP contribution in [0.5, 0.6) is 0 Å². The van der Waals surface area contributed by atoms with Crippen molar-refractivity contribution in [2.24, 2.45) is 0 Å². The van der Waals surface area contributed by atoms with Crippen LogP contribution in [0.25, 0.3) is 0 Å². The van der Waals surface area contributed by atoms with Crippen molar-refractivity contribution in [2.45, 2.75) is 11.0 Å². The molecule has 1 aliphatic carbocycles. The largest absolute Gasteiger partial charge is 0.298 e. The summed E-state index contributed by atoms with van der Waals surface area (Å²) >= 11 is 2.84. The summed E-state index contributed by atoms with van der Waals surface area (Å²) in [5.41, 5.74) is 0.535. The summed E-state index contributed by atoms with van der Waals surface area (Å²) in [6.07, 6.45) is 5.28. The smallest absolute Gasteiger partial charge is 0.187 e. The van der Waals surface area contributed by atoms with Gasteiger partial charge in [-0.2, -0.15) is 0 Å². The fourth-order valence-corrected chi connectivity index (χ4v) is 0.990. The molecule has 54 valence electrons. The number of alkyl halides is 2. The minimum absolute atomic E-state index is 0.220. The van der Waals surface area contributed by atoms with Crippen molar-refractivity contribution >= 4 is 22.2 Å². The van der Waals surface area contributed by atoms with Crippen molar-refractivity contribution in [3.8, 4) is 0 Å². The number of aldehydes is 1. The minimum atomic E-state index is -1.44. The lowest BCUT2D eigenvalue weighted by molar-refractivity contribution is -0.104. The maximum atomic E-state index is 12.9. The van der Waals surface area contributed by atoms with Gasteiger partial charge in [-0.25, -0.2) is 4.39 Å². The van der Waals surface area contributed by atoms with Crippen molar-refractivity contribution < 1.29 is 9.18 Å². The predicted molar refractivity (Wildman–Crippen MR) is 40.7 cm³/mol. The van der Waals surface area contributed by atoms with E-state index >= 15 is 0 Å². The van der Waals surface area contributed by atoms with E-state index in [4.69, 9.17) is 0 Å². The van der Waals surface area contributed by atoms with Gasteiger partial charge in [0.25, 0.3) is 0 Å². The Morgan fingerprint density at radius 3 is 2.90 bits per heavy atom. The van der Waals surface area contributed by atoms with Gasteiger partial charge in [-0.3, -0.25) is 4.79 Å². The molecule has 10 heavy (non-hydrogen) atoms. The SMILES string of the molecule is O=CC1=CCC(F)(Br)C=C1. The molecule has 0 aliphatic heterocycles. The van der Waals surface area contributed by atoms with Crippen LogP contribution in [0.2, 0.25) is 0 Å². The van der Waals surface area contributed by atoms with Crippen LogP contribution in [0.4, 0.5) is 4.39 Å². The van der Waals surface area contributed by atoms with Crippen molar-refractivity contribution in [1.82, 2.24) is 0 Å². The van der Waals surface area contributed by atoms with E-state index in [9.17, 15) is 9.18 Å². The maximum absolute atomic E-state index is 12.9. The molecule has 0 bridgehead atoms. The summed E-state index contributed by atoms with van der Waals surface area (Å²) < 4.78 is 11.4. The van der Waals surface area contributed by atoms with Crippen LogP contribution < -0.4 is 0 Å². The van der Waals surface area contributed by atoms with Crippen molar-refractivity contribution in [3.05, 3.63) is 23.8 Å². The first kappa shape index (κ1) is 7.66. The molecule has 0 amide bonds. The Morgan fingerprint density at radius 1 is 1.80 bits per heavy atom. The number of carbonyl (C=O) groups excluding carboxylic acids is 1. The van der Waals surface area contributed by atoms with Gasteiger partial charge in [-0.05, 0) is 22.0 Å². The monoisotopic (exact) mass is 204 g/mol. The molecular formula is C7H6BrFO. The highest BCUT2D eigenvalue weighted by atomic mass is 79.9. The van der Waals surface area contributed by atoms with Crippen LogP contribution in [0.3, 0.4) is 0 Å². The Bertz CT molecular complexity index is 206. The molecule has 1 rings (SSSR count). The molecule has 1 nitrogen and oxygen atoms in total. The Hall–Kier alpha value is -0.440. The van der Waals surface area contributed by atoms with Crippen LogP contribution in [-0.4, -0.2) is 10.9 Å². The highest BCUT2D eigenvalue weighted by Crippen LogP contribution is 2.30. The van der Waals surface area contributed by atoms with Crippen molar-refractivity contribution in [2.75, 3.05) is 0 Å². The fraction of sp³-hybridized carbons (Fsp3) is 0.286. The van der Waals surface area contributed by atoms with E-state index in [0.717, 1.165) is 0 Å². The Morgan fingerprint density at radius 2 is 2.50 bits per heavy atom. The Balaban J connectivity index is 2.72. The normalized spacial score (nSPS) is 31.6. The predicted octanol–water partition coefficient (Wildman–Crippen LogP) is 2.13. The molecule has 0 saturated carbocycles. The molecule has 0 saturated heterocycles. The lowest BCUT2D eigenvalue weighted by Gasteiger charge is -2.14. The number of hydrogen-bond acceptors (Lipinski definition) is 1. The second-order valence-electron chi connectivity index (χ2n) is 2.12. The van der Waals surface area contributed by atoms with Crippen molar-refractivity contribution in [1.29, 1.82) is 0 Å². The van der Waals surface area contributed by atoms with Crippen LogP contribution in [-0.2, 0) is 4.79 Å². The van der Waals surface area contributed by atoms with E-state index in [1.54, 1.807) is 6.08 Å². The molecule has 0 spiro atoms. The Labute approximate surface area is 66.7 Å². The van der Waals surface area contributed by atoms with Gasteiger partial charge in [0.1, 0.15) is 6.29 Å². The molecule has 0 aromatic rings. The van der Waals surface area contributed by atoms with E-state index in [2.05, 4.69) is 15.9 Å². The molecule has 3 heteroatoms. The number of halogens is 2. The molecule has 0 radical (unpaired) electrons. The van der Waals surface area contributed by atoms with Gasteiger partial charge < -0.3 is 0 Å². The molecule has 0 heterocycles. The topological polar surface area (TPSA) is 17.1 Å². The highest BCUT2D eigenvalue weighted by molar-refractivity contribution is 9.10. The van der Waals surface area contributed by atoms with E-state index in [0.29, 0.717) is 11.9 Å². The molecule has 0 N–H and O–H groups in total. The van der Waals surface area contributed by atoms with Crippen LogP contribution in [0, 0.1) is 0 Å². The molecular weight excluding hydrogens is 199 g/mol. The van der Waals surface area contributed by atoms with Gasteiger partial charge in [0.15, 0.2) is 4.58 Å². The van der Waals surface area contributed by atoms with Crippen LogP contribution in [0.15, 0.2) is 23.8 Å². The third-order valence-electron chi connectivity index (χ3n) is 1.27. The third kappa shape index (κ3) is 1.77. The number of allylic oxidation sites excluding steroid dienone is 4. The van der Waals surface area contributed by atoms with Crippen LogP contribution in [0.1, 0.15) is 6.42 Å². The van der Waals surface area contributed by atoms with Gasteiger partial charge in [0, 0.05) is 12.0 Å². The summed E-state index contributed by atoms with van der Waals surface area (Å²) in [5, 5.41) is 0. The number of rotatable bonds is 1. The molecule has 0 fully saturated rings. The molecule has 1 aliphatic rings.